The van der Waals surface area contributed by atoms with Gasteiger partial charge < -0.3 is 19.5 Å². The fourth-order valence-corrected chi connectivity index (χ4v) is 3.29. The zero-order valence-corrected chi connectivity index (χ0v) is 17.3. The van der Waals surface area contributed by atoms with Crippen LogP contribution >= 0.6 is 11.6 Å². The molecule has 0 amide bonds. The average molecular weight is 422 g/mol. The van der Waals surface area contributed by atoms with Crippen LogP contribution < -0.4 is 19.5 Å². The molecule has 0 unspecified atom stereocenters. The maximum atomic E-state index is 6.43. The van der Waals surface area contributed by atoms with Gasteiger partial charge in [0.15, 0.2) is 11.5 Å². The maximum Gasteiger partial charge on any atom is 0.162 e. The molecular formula is C23H20ClN3O3. The minimum Gasteiger partial charge on any atom is -0.493 e. The molecule has 1 N–H and O–H groups in total. The van der Waals surface area contributed by atoms with Crippen molar-refractivity contribution in [2.75, 3.05) is 19.5 Å². The van der Waals surface area contributed by atoms with Crippen LogP contribution in [-0.4, -0.2) is 24.2 Å². The molecule has 7 heteroatoms. The number of benzene rings is 3. The van der Waals surface area contributed by atoms with Crippen molar-refractivity contribution in [3.63, 3.8) is 0 Å². The summed E-state index contributed by atoms with van der Waals surface area (Å²) in [6, 6.07) is 19.1. The molecule has 30 heavy (non-hydrogen) atoms. The lowest BCUT2D eigenvalue weighted by molar-refractivity contribution is 0.306. The van der Waals surface area contributed by atoms with Gasteiger partial charge in [0, 0.05) is 17.1 Å². The maximum absolute atomic E-state index is 6.43. The van der Waals surface area contributed by atoms with Gasteiger partial charge in [0.1, 0.15) is 24.5 Å². The molecular weight excluding hydrogens is 402 g/mol. The predicted octanol–water partition coefficient (Wildman–Crippen LogP) is 5.62. The van der Waals surface area contributed by atoms with Crippen LogP contribution in [0.5, 0.6) is 17.2 Å². The number of nitrogens with one attached hydrogen (secondary N) is 1. The molecule has 0 bridgehead atoms. The van der Waals surface area contributed by atoms with Crippen LogP contribution in [0.15, 0.2) is 67.0 Å². The molecule has 1 aromatic heterocycles. The number of rotatable bonds is 7. The van der Waals surface area contributed by atoms with Crippen LogP contribution in [0, 0.1) is 0 Å². The van der Waals surface area contributed by atoms with Crippen molar-refractivity contribution in [2.45, 2.75) is 6.61 Å². The Balaban J connectivity index is 1.57. The molecule has 0 saturated heterocycles. The third kappa shape index (κ3) is 4.23. The number of nitrogens with zero attached hydrogens (tertiary/aromatic N) is 2. The minimum absolute atomic E-state index is 0.450. The Labute approximate surface area is 179 Å². The van der Waals surface area contributed by atoms with E-state index in [4.69, 9.17) is 25.8 Å². The fraction of sp³-hybridized carbons (Fsp3) is 0.130. The highest BCUT2D eigenvalue weighted by atomic mass is 35.5. The third-order valence-electron chi connectivity index (χ3n) is 4.57. The molecule has 0 aliphatic rings. The number of methoxy groups -OCH3 is 2. The van der Waals surface area contributed by atoms with Gasteiger partial charge in [-0.1, -0.05) is 41.9 Å². The SMILES string of the molecule is COc1cc2ncnc(Nc3ccc(OCc4ccccc4)c(Cl)c3)c2cc1OC. The van der Waals surface area contributed by atoms with Gasteiger partial charge in [-0.05, 0) is 29.8 Å². The lowest BCUT2D eigenvalue weighted by Crippen LogP contribution is -1.99. The van der Waals surface area contributed by atoms with Gasteiger partial charge in [-0.15, -0.1) is 0 Å². The fourth-order valence-electron chi connectivity index (χ4n) is 3.05. The first-order chi connectivity index (χ1) is 14.7. The molecule has 152 valence electrons. The average Bonchev–Trinajstić information content (AvgIpc) is 2.78. The van der Waals surface area contributed by atoms with Gasteiger partial charge >= 0.3 is 0 Å². The Morgan fingerprint density at radius 2 is 1.63 bits per heavy atom. The molecule has 0 spiro atoms. The van der Waals surface area contributed by atoms with Crippen molar-refractivity contribution in [3.05, 3.63) is 77.6 Å². The molecule has 4 aromatic rings. The molecule has 0 aliphatic heterocycles. The van der Waals surface area contributed by atoms with Gasteiger partial charge in [-0.2, -0.15) is 0 Å². The molecule has 6 nitrogen and oxygen atoms in total. The summed E-state index contributed by atoms with van der Waals surface area (Å²) in [5.41, 5.74) is 2.59. The number of anilines is 2. The highest BCUT2D eigenvalue weighted by Crippen LogP contribution is 2.35. The Morgan fingerprint density at radius 3 is 2.37 bits per heavy atom. The second-order valence-electron chi connectivity index (χ2n) is 6.49. The first-order valence-electron chi connectivity index (χ1n) is 9.28. The highest BCUT2D eigenvalue weighted by Gasteiger charge is 2.12. The molecule has 0 saturated carbocycles. The lowest BCUT2D eigenvalue weighted by atomic mass is 10.2. The number of halogens is 1. The van der Waals surface area contributed by atoms with Crippen LogP contribution in [0.4, 0.5) is 11.5 Å². The monoisotopic (exact) mass is 421 g/mol. The molecule has 1 heterocycles. The largest absolute Gasteiger partial charge is 0.493 e. The minimum atomic E-state index is 0.450. The van der Waals surface area contributed by atoms with E-state index in [0.717, 1.165) is 22.2 Å². The van der Waals surface area contributed by atoms with E-state index < -0.39 is 0 Å². The van der Waals surface area contributed by atoms with Crippen LogP contribution in [0.25, 0.3) is 10.9 Å². The molecule has 4 rings (SSSR count). The van der Waals surface area contributed by atoms with Crippen molar-refractivity contribution in [3.8, 4) is 17.2 Å². The summed E-state index contributed by atoms with van der Waals surface area (Å²) in [6.45, 7) is 0.450. The van der Waals surface area contributed by atoms with Crippen LogP contribution in [0.2, 0.25) is 5.02 Å². The van der Waals surface area contributed by atoms with Gasteiger partial charge in [0.2, 0.25) is 0 Å². The summed E-state index contributed by atoms with van der Waals surface area (Å²) in [7, 11) is 3.18. The van der Waals surface area contributed by atoms with E-state index >= 15 is 0 Å². The summed E-state index contributed by atoms with van der Waals surface area (Å²) in [5.74, 6) is 2.46. The van der Waals surface area contributed by atoms with E-state index in [2.05, 4.69) is 15.3 Å². The molecule has 0 radical (unpaired) electrons. The number of aromatic nitrogens is 2. The van der Waals surface area contributed by atoms with E-state index in [1.807, 2.05) is 54.6 Å². The van der Waals surface area contributed by atoms with Gasteiger partial charge in [-0.3, -0.25) is 0 Å². The highest BCUT2D eigenvalue weighted by molar-refractivity contribution is 6.32. The van der Waals surface area contributed by atoms with Crippen molar-refractivity contribution < 1.29 is 14.2 Å². The first-order valence-corrected chi connectivity index (χ1v) is 9.66. The third-order valence-corrected chi connectivity index (χ3v) is 4.87. The summed E-state index contributed by atoms with van der Waals surface area (Å²) in [4.78, 5) is 8.69. The molecule has 0 fully saturated rings. The second kappa shape index (κ2) is 8.88. The van der Waals surface area contributed by atoms with Gasteiger partial charge in [0.25, 0.3) is 0 Å². The smallest absolute Gasteiger partial charge is 0.162 e. The summed E-state index contributed by atoms with van der Waals surface area (Å²) >= 11 is 6.43. The Hall–Kier alpha value is -3.51. The molecule has 3 aromatic carbocycles. The standard InChI is InChI=1S/C23H20ClN3O3/c1-28-21-11-17-19(12-22(21)29-2)25-14-26-23(17)27-16-8-9-20(18(24)10-16)30-13-15-6-4-3-5-7-15/h3-12,14H,13H2,1-2H3,(H,25,26,27). The number of hydrogen-bond donors (Lipinski definition) is 1. The molecule has 0 atom stereocenters. The van der Waals surface area contributed by atoms with Crippen molar-refractivity contribution in [1.82, 2.24) is 9.97 Å². The van der Waals surface area contributed by atoms with E-state index in [1.54, 1.807) is 20.3 Å². The summed E-state index contributed by atoms with van der Waals surface area (Å²) < 4.78 is 16.6. The zero-order chi connectivity index (χ0) is 20.9. The lowest BCUT2D eigenvalue weighted by Gasteiger charge is -2.13. The normalized spacial score (nSPS) is 10.6. The second-order valence-corrected chi connectivity index (χ2v) is 6.90. The summed E-state index contributed by atoms with van der Waals surface area (Å²) in [5, 5.41) is 4.60. The Kier molecular flexibility index (Phi) is 5.86. The van der Waals surface area contributed by atoms with E-state index in [1.165, 1.54) is 6.33 Å². The Morgan fingerprint density at radius 1 is 0.867 bits per heavy atom. The van der Waals surface area contributed by atoms with Crippen molar-refractivity contribution in [1.29, 1.82) is 0 Å². The molecule has 0 aliphatic carbocycles. The van der Waals surface area contributed by atoms with Crippen molar-refractivity contribution in [2.24, 2.45) is 0 Å². The zero-order valence-electron chi connectivity index (χ0n) is 16.6. The van der Waals surface area contributed by atoms with E-state index in [-0.39, 0.29) is 0 Å². The van der Waals surface area contributed by atoms with Crippen LogP contribution in [0.1, 0.15) is 5.56 Å². The Bertz CT molecular complexity index is 1170. The van der Waals surface area contributed by atoms with E-state index in [0.29, 0.717) is 34.7 Å². The predicted molar refractivity (Wildman–Crippen MR) is 118 cm³/mol. The van der Waals surface area contributed by atoms with E-state index in [9.17, 15) is 0 Å². The number of ether oxygens (including phenoxy) is 3. The quantitative estimate of drug-likeness (QED) is 0.417. The van der Waals surface area contributed by atoms with Crippen LogP contribution in [0.3, 0.4) is 0 Å². The first kappa shape index (κ1) is 19.8. The summed E-state index contributed by atoms with van der Waals surface area (Å²) in [6.07, 6.45) is 1.50. The van der Waals surface area contributed by atoms with Crippen molar-refractivity contribution >= 4 is 34.0 Å². The van der Waals surface area contributed by atoms with Gasteiger partial charge in [0.05, 0.1) is 24.8 Å². The number of hydrogen-bond acceptors (Lipinski definition) is 6. The number of fused-ring (bicyclic) bond motifs is 1. The topological polar surface area (TPSA) is 65.5 Å². The van der Waals surface area contributed by atoms with Crippen LogP contribution in [-0.2, 0) is 6.61 Å². The van der Waals surface area contributed by atoms with Gasteiger partial charge in [-0.25, -0.2) is 9.97 Å².